The number of aromatic nitrogens is 1. The second-order valence-electron chi connectivity index (χ2n) is 3.56. The number of nitrogens with two attached hydrogens (primary N) is 1. The average Bonchev–Trinajstić information content (AvgIpc) is 2.37. The number of nitrogens with zero attached hydrogens (tertiary/aromatic N) is 1. The molecule has 0 unspecified atom stereocenters. The summed E-state index contributed by atoms with van der Waals surface area (Å²) < 4.78 is 15.1. The van der Waals surface area contributed by atoms with Crippen molar-refractivity contribution in [3.8, 4) is 0 Å². The molecule has 0 spiro atoms. The SMILES string of the molecule is COCCOCCCOC(=O)c1ccnc(N)c1. The molecule has 0 aliphatic rings. The highest BCUT2D eigenvalue weighted by Gasteiger charge is 2.06. The van der Waals surface area contributed by atoms with E-state index in [1.165, 1.54) is 12.3 Å². The van der Waals surface area contributed by atoms with Gasteiger partial charge in [-0.2, -0.15) is 0 Å². The van der Waals surface area contributed by atoms with Crippen molar-refractivity contribution in [1.82, 2.24) is 4.98 Å². The molecule has 100 valence electrons. The molecule has 0 aromatic carbocycles. The lowest BCUT2D eigenvalue weighted by Gasteiger charge is -2.06. The van der Waals surface area contributed by atoms with Gasteiger partial charge in [-0.15, -0.1) is 0 Å². The zero-order valence-electron chi connectivity index (χ0n) is 10.4. The van der Waals surface area contributed by atoms with E-state index in [1.807, 2.05) is 0 Å². The highest BCUT2D eigenvalue weighted by atomic mass is 16.5. The number of carbonyl (C=O) groups is 1. The molecular weight excluding hydrogens is 236 g/mol. The van der Waals surface area contributed by atoms with Gasteiger partial charge in [0.15, 0.2) is 0 Å². The number of esters is 1. The Balaban J connectivity index is 2.14. The van der Waals surface area contributed by atoms with Crippen LogP contribution < -0.4 is 5.73 Å². The number of pyridine rings is 1. The summed E-state index contributed by atoms with van der Waals surface area (Å²) in [7, 11) is 1.62. The molecule has 6 heteroatoms. The number of hydrogen-bond donors (Lipinski definition) is 1. The second kappa shape index (κ2) is 8.43. The molecule has 1 heterocycles. The summed E-state index contributed by atoms with van der Waals surface area (Å²) in [6, 6.07) is 3.05. The van der Waals surface area contributed by atoms with Crippen LogP contribution in [-0.2, 0) is 14.2 Å². The Hall–Kier alpha value is -1.66. The Kier molecular flexibility index (Phi) is 6.75. The molecule has 0 radical (unpaired) electrons. The molecule has 0 saturated heterocycles. The first-order valence-corrected chi connectivity index (χ1v) is 5.69. The van der Waals surface area contributed by atoms with Crippen molar-refractivity contribution < 1.29 is 19.0 Å². The number of hydrogen-bond acceptors (Lipinski definition) is 6. The van der Waals surface area contributed by atoms with Crippen LogP contribution in [0.1, 0.15) is 16.8 Å². The van der Waals surface area contributed by atoms with Gasteiger partial charge >= 0.3 is 5.97 Å². The number of nitrogen functional groups attached to an aromatic ring is 1. The number of carbonyl (C=O) groups excluding carboxylic acids is 1. The van der Waals surface area contributed by atoms with E-state index < -0.39 is 5.97 Å². The minimum Gasteiger partial charge on any atom is -0.462 e. The normalized spacial score (nSPS) is 10.3. The van der Waals surface area contributed by atoms with Crippen molar-refractivity contribution in [2.45, 2.75) is 6.42 Å². The van der Waals surface area contributed by atoms with Gasteiger partial charge < -0.3 is 19.9 Å². The first-order chi connectivity index (χ1) is 8.74. The smallest absolute Gasteiger partial charge is 0.338 e. The summed E-state index contributed by atoms with van der Waals surface area (Å²) in [6.45, 7) is 1.96. The topological polar surface area (TPSA) is 83.7 Å². The highest BCUT2D eigenvalue weighted by molar-refractivity contribution is 5.89. The third-order valence-corrected chi connectivity index (χ3v) is 2.11. The van der Waals surface area contributed by atoms with Crippen LogP contribution in [0.3, 0.4) is 0 Å². The number of ether oxygens (including phenoxy) is 3. The Morgan fingerprint density at radius 2 is 2.17 bits per heavy atom. The monoisotopic (exact) mass is 254 g/mol. The van der Waals surface area contributed by atoms with Crippen molar-refractivity contribution >= 4 is 11.8 Å². The first kappa shape index (κ1) is 14.4. The summed E-state index contributed by atoms with van der Waals surface area (Å²) in [6.07, 6.45) is 2.12. The van der Waals surface area contributed by atoms with E-state index in [0.29, 0.717) is 44.2 Å². The summed E-state index contributed by atoms with van der Waals surface area (Å²) in [5.74, 6) is -0.103. The van der Waals surface area contributed by atoms with E-state index in [0.717, 1.165) is 0 Å². The van der Waals surface area contributed by atoms with E-state index in [4.69, 9.17) is 19.9 Å². The molecule has 1 rings (SSSR count). The van der Waals surface area contributed by atoms with Crippen molar-refractivity contribution in [1.29, 1.82) is 0 Å². The molecule has 0 aliphatic carbocycles. The average molecular weight is 254 g/mol. The zero-order valence-corrected chi connectivity index (χ0v) is 10.4. The maximum absolute atomic E-state index is 11.6. The van der Waals surface area contributed by atoms with E-state index in [9.17, 15) is 4.79 Å². The molecule has 0 bridgehead atoms. The van der Waals surface area contributed by atoms with Gasteiger partial charge in [0.2, 0.25) is 0 Å². The van der Waals surface area contributed by atoms with Crippen molar-refractivity contribution in [3.63, 3.8) is 0 Å². The molecule has 0 amide bonds. The molecule has 0 atom stereocenters. The fourth-order valence-electron chi connectivity index (χ4n) is 1.23. The number of rotatable bonds is 8. The minimum absolute atomic E-state index is 0.298. The van der Waals surface area contributed by atoms with Gasteiger partial charge in [0.1, 0.15) is 5.82 Å². The molecule has 0 aliphatic heterocycles. The molecule has 0 saturated carbocycles. The zero-order chi connectivity index (χ0) is 13.2. The number of methoxy groups -OCH3 is 1. The predicted octanol–water partition coefficient (Wildman–Crippen LogP) is 0.874. The maximum atomic E-state index is 11.6. The minimum atomic E-state index is -0.402. The van der Waals surface area contributed by atoms with Crippen molar-refractivity contribution in [3.05, 3.63) is 23.9 Å². The van der Waals surface area contributed by atoms with E-state index in [2.05, 4.69) is 4.98 Å². The Morgan fingerprint density at radius 1 is 1.33 bits per heavy atom. The fourth-order valence-corrected chi connectivity index (χ4v) is 1.23. The molecule has 0 fully saturated rings. The second-order valence-corrected chi connectivity index (χ2v) is 3.56. The van der Waals surface area contributed by atoms with Crippen LogP contribution in [0.2, 0.25) is 0 Å². The third-order valence-electron chi connectivity index (χ3n) is 2.11. The summed E-state index contributed by atoms with van der Waals surface area (Å²) in [4.78, 5) is 15.4. The van der Waals surface area contributed by atoms with E-state index >= 15 is 0 Å². The molecular formula is C12H18N2O4. The quantitative estimate of drug-likeness (QED) is 0.547. The summed E-state index contributed by atoms with van der Waals surface area (Å²) >= 11 is 0. The van der Waals surface area contributed by atoms with Gasteiger partial charge in [0.05, 0.1) is 25.4 Å². The van der Waals surface area contributed by atoms with Crippen LogP contribution in [0.4, 0.5) is 5.82 Å². The van der Waals surface area contributed by atoms with Crippen LogP contribution in [0, 0.1) is 0 Å². The lowest BCUT2D eigenvalue weighted by molar-refractivity contribution is 0.0385. The molecule has 18 heavy (non-hydrogen) atoms. The standard InChI is InChI=1S/C12H18N2O4/c1-16-7-8-17-5-2-6-18-12(15)10-3-4-14-11(13)9-10/h3-4,9H,2,5-8H2,1H3,(H2,13,14). The lowest BCUT2D eigenvalue weighted by Crippen LogP contribution is -2.10. The first-order valence-electron chi connectivity index (χ1n) is 5.69. The van der Waals surface area contributed by atoms with Crippen LogP contribution in [0.15, 0.2) is 18.3 Å². The molecule has 6 nitrogen and oxygen atoms in total. The van der Waals surface area contributed by atoms with Crippen LogP contribution in [0.5, 0.6) is 0 Å². The van der Waals surface area contributed by atoms with Crippen LogP contribution >= 0.6 is 0 Å². The van der Waals surface area contributed by atoms with Crippen LogP contribution in [-0.4, -0.2) is 44.5 Å². The lowest BCUT2D eigenvalue weighted by atomic mass is 10.2. The van der Waals surface area contributed by atoms with Gasteiger partial charge in [0, 0.05) is 26.3 Å². The maximum Gasteiger partial charge on any atom is 0.338 e. The van der Waals surface area contributed by atoms with E-state index in [-0.39, 0.29) is 0 Å². The van der Waals surface area contributed by atoms with Gasteiger partial charge in [-0.05, 0) is 12.1 Å². The molecule has 2 N–H and O–H groups in total. The Morgan fingerprint density at radius 3 is 2.89 bits per heavy atom. The van der Waals surface area contributed by atoms with Crippen molar-refractivity contribution in [2.75, 3.05) is 39.3 Å². The predicted molar refractivity (Wildman–Crippen MR) is 66.2 cm³/mol. The van der Waals surface area contributed by atoms with Crippen LogP contribution in [0.25, 0.3) is 0 Å². The van der Waals surface area contributed by atoms with Gasteiger partial charge in [-0.25, -0.2) is 9.78 Å². The van der Waals surface area contributed by atoms with Gasteiger partial charge in [0.25, 0.3) is 0 Å². The third kappa shape index (κ3) is 5.60. The van der Waals surface area contributed by atoms with E-state index in [1.54, 1.807) is 13.2 Å². The fraction of sp³-hybridized carbons (Fsp3) is 0.500. The van der Waals surface area contributed by atoms with Gasteiger partial charge in [-0.3, -0.25) is 0 Å². The largest absolute Gasteiger partial charge is 0.462 e. The highest BCUT2D eigenvalue weighted by Crippen LogP contribution is 2.05. The Labute approximate surface area is 106 Å². The Bertz CT molecular complexity index is 371. The molecule has 1 aromatic rings. The summed E-state index contributed by atoms with van der Waals surface area (Å²) in [5, 5.41) is 0. The number of anilines is 1. The molecule has 1 aromatic heterocycles. The van der Waals surface area contributed by atoms with Crippen molar-refractivity contribution in [2.24, 2.45) is 0 Å². The van der Waals surface area contributed by atoms with Gasteiger partial charge in [-0.1, -0.05) is 0 Å². The summed E-state index contributed by atoms with van der Waals surface area (Å²) in [5.41, 5.74) is 5.87.